The zero-order valence-corrected chi connectivity index (χ0v) is 17.5. The zero-order valence-electron chi connectivity index (χ0n) is 15.2. The van der Waals surface area contributed by atoms with Crippen molar-refractivity contribution < 1.29 is 17.9 Å². The summed E-state index contributed by atoms with van der Waals surface area (Å²) in [6.07, 6.45) is -0.699. The fraction of sp³-hybridized carbons (Fsp3) is 0.316. The lowest BCUT2D eigenvalue weighted by molar-refractivity contribution is -0.139. The number of nitrogens with zero attached hydrogens (tertiary/aromatic N) is 2. The van der Waals surface area contributed by atoms with Crippen molar-refractivity contribution in [3.05, 3.63) is 58.6 Å². The minimum Gasteiger partial charge on any atom is -0.481 e. The van der Waals surface area contributed by atoms with E-state index in [4.69, 9.17) is 27.9 Å². The summed E-state index contributed by atoms with van der Waals surface area (Å²) in [6, 6.07) is 13.0. The lowest BCUT2D eigenvalue weighted by Crippen LogP contribution is -2.53. The van der Waals surface area contributed by atoms with Crippen LogP contribution in [0.4, 0.5) is 0 Å². The first-order chi connectivity index (χ1) is 13.3. The Morgan fingerprint density at radius 2 is 1.61 bits per heavy atom. The number of hydrogen-bond acceptors (Lipinski definition) is 4. The van der Waals surface area contributed by atoms with E-state index in [1.807, 2.05) is 0 Å². The molecule has 3 rings (SSSR count). The van der Waals surface area contributed by atoms with Crippen LogP contribution in [0.3, 0.4) is 0 Å². The van der Waals surface area contributed by atoms with Crippen LogP contribution in [0, 0.1) is 0 Å². The lowest BCUT2D eigenvalue weighted by Gasteiger charge is -2.35. The Morgan fingerprint density at radius 3 is 2.21 bits per heavy atom. The Kier molecular flexibility index (Phi) is 6.50. The van der Waals surface area contributed by atoms with Crippen LogP contribution >= 0.6 is 23.2 Å². The molecule has 0 bridgehead atoms. The number of piperazine rings is 1. The number of hydrogen-bond donors (Lipinski definition) is 0. The van der Waals surface area contributed by atoms with E-state index < -0.39 is 16.1 Å². The third kappa shape index (κ3) is 4.78. The highest BCUT2D eigenvalue weighted by Gasteiger charge is 2.32. The molecular formula is C19H20Cl2N2O4S. The second-order valence-electron chi connectivity index (χ2n) is 6.40. The van der Waals surface area contributed by atoms with Crippen molar-refractivity contribution in [3.63, 3.8) is 0 Å². The summed E-state index contributed by atoms with van der Waals surface area (Å²) < 4.78 is 32.5. The van der Waals surface area contributed by atoms with Crippen LogP contribution in [0.5, 0.6) is 5.75 Å². The van der Waals surface area contributed by atoms with Gasteiger partial charge in [-0.3, -0.25) is 4.79 Å². The van der Waals surface area contributed by atoms with Crippen LogP contribution in [-0.4, -0.2) is 55.8 Å². The zero-order chi connectivity index (χ0) is 20.3. The third-order valence-electron chi connectivity index (χ3n) is 4.44. The molecule has 0 spiro atoms. The molecule has 9 heteroatoms. The highest BCUT2D eigenvalue weighted by atomic mass is 35.5. The molecule has 1 amide bonds. The Labute approximate surface area is 174 Å². The summed E-state index contributed by atoms with van der Waals surface area (Å²) in [6.45, 7) is 2.68. The van der Waals surface area contributed by atoms with E-state index in [-0.39, 0.29) is 23.9 Å². The predicted octanol–water partition coefficient (Wildman–Crippen LogP) is 3.29. The summed E-state index contributed by atoms with van der Waals surface area (Å²) in [5, 5.41) is 0.888. The number of benzene rings is 2. The molecule has 2 aromatic rings. The normalized spacial score (nSPS) is 16.6. The van der Waals surface area contributed by atoms with Crippen LogP contribution in [-0.2, 0) is 14.8 Å². The molecule has 2 aromatic carbocycles. The molecule has 1 heterocycles. The van der Waals surface area contributed by atoms with Crippen molar-refractivity contribution in [2.24, 2.45) is 0 Å². The lowest BCUT2D eigenvalue weighted by atomic mass is 10.2. The summed E-state index contributed by atoms with van der Waals surface area (Å²) in [5.41, 5.74) is 0. The van der Waals surface area contributed by atoms with E-state index in [1.165, 1.54) is 16.4 Å². The number of carbonyl (C=O) groups is 1. The minimum absolute atomic E-state index is 0.150. The molecule has 1 aliphatic heterocycles. The summed E-state index contributed by atoms with van der Waals surface area (Å²) in [5.74, 6) is 0.315. The molecule has 0 saturated carbocycles. The van der Waals surface area contributed by atoms with Crippen LogP contribution in [0.25, 0.3) is 0 Å². The average molecular weight is 443 g/mol. The number of carbonyl (C=O) groups excluding carboxylic acids is 1. The van der Waals surface area contributed by atoms with Gasteiger partial charge >= 0.3 is 0 Å². The number of halogens is 2. The summed E-state index contributed by atoms with van der Waals surface area (Å²) >= 11 is 11.8. The first-order valence-electron chi connectivity index (χ1n) is 8.74. The molecule has 0 radical (unpaired) electrons. The molecule has 6 nitrogen and oxygen atoms in total. The van der Waals surface area contributed by atoms with Gasteiger partial charge in [-0.1, -0.05) is 35.3 Å². The Hall–Kier alpha value is -1.80. The molecule has 1 saturated heterocycles. The monoisotopic (exact) mass is 442 g/mol. The van der Waals surface area contributed by atoms with Gasteiger partial charge in [-0.15, -0.1) is 0 Å². The van der Waals surface area contributed by atoms with Gasteiger partial charge in [-0.2, -0.15) is 4.31 Å². The van der Waals surface area contributed by atoms with E-state index in [9.17, 15) is 13.2 Å². The van der Waals surface area contributed by atoms with E-state index >= 15 is 0 Å². The smallest absolute Gasteiger partial charge is 0.263 e. The number of amides is 1. The van der Waals surface area contributed by atoms with E-state index in [0.29, 0.717) is 28.9 Å². The second-order valence-corrected chi connectivity index (χ2v) is 9.22. The van der Waals surface area contributed by atoms with Gasteiger partial charge in [-0.05, 0) is 43.3 Å². The average Bonchev–Trinajstić information content (AvgIpc) is 2.67. The molecule has 150 valence electrons. The van der Waals surface area contributed by atoms with Gasteiger partial charge in [0.1, 0.15) is 5.75 Å². The third-order valence-corrected chi connectivity index (χ3v) is 6.81. The summed E-state index contributed by atoms with van der Waals surface area (Å²) in [4.78, 5) is 14.4. The van der Waals surface area contributed by atoms with Gasteiger partial charge in [0.25, 0.3) is 5.91 Å². The maximum Gasteiger partial charge on any atom is 0.263 e. The van der Waals surface area contributed by atoms with Gasteiger partial charge in [0.05, 0.1) is 4.90 Å². The Balaban J connectivity index is 1.60. The fourth-order valence-electron chi connectivity index (χ4n) is 2.98. The molecule has 0 unspecified atom stereocenters. The first kappa shape index (κ1) is 20.9. The SMILES string of the molecule is C[C@@H](Oc1cccc(Cl)c1)C(=O)N1CCN(S(=O)(=O)c2cccc(Cl)c2)CC1. The van der Waals surface area contributed by atoms with Crippen molar-refractivity contribution in [1.29, 1.82) is 0 Å². The highest BCUT2D eigenvalue weighted by molar-refractivity contribution is 7.89. The Morgan fingerprint density at radius 1 is 1.00 bits per heavy atom. The largest absolute Gasteiger partial charge is 0.481 e. The minimum atomic E-state index is -3.64. The summed E-state index contributed by atoms with van der Waals surface area (Å²) in [7, 11) is -3.64. The number of ether oxygens (including phenoxy) is 1. The molecule has 1 atom stereocenters. The van der Waals surface area contributed by atoms with Gasteiger partial charge in [0, 0.05) is 36.2 Å². The highest BCUT2D eigenvalue weighted by Crippen LogP contribution is 2.22. The van der Waals surface area contributed by atoms with Crippen molar-refractivity contribution in [2.75, 3.05) is 26.2 Å². The van der Waals surface area contributed by atoms with Crippen LogP contribution < -0.4 is 4.74 Å². The number of rotatable bonds is 5. The topological polar surface area (TPSA) is 66.9 Å². The van der Waals surface area contributed by atoms with E-state index in [1.54, 1.807) is 48.2 Å². The molecule has 1 fully saturated rings. The molecule has 0 aromatic heterocycles. The van der Waals surface area contributed by atoms with Crippen molar-refractivity contribution in [1.82, 2.24) is 9.21 Å². The van der Waals surface area contributed by atoms with Crippen molar-refractivity contribution in [3.8, 4) is 5.75 Å². The fourth-order valence-corrected chi connectivity index (χ4v) is 4.88. The van der Waals surface area contributed by atoms with Gasteiger partial charge in [0.15, 0.2) is 6.10 Å². The van der Waals surface area contributed by atoms with Crippen LogP contribution in [0.2, 0.25) is 10.0 Å². The number of sulfonamides is 1. The van der Waals surface area contributed by atoms with E-state index in [2.05, 4.69) is 0 Å². The molecule has 1 aliphatic rings. The molecule has 28 heavy (non-hydrogen) atoms. The van der Waals surface area contributed by atoms with Crippen molar-refractivity contribution in [2.45, 2.75) is 17.9 Å². The second kappa shape index (κ2) is 8.69. The van der Waals surface area contributed by atoms with Gasteiger partial charge in [0.2, 0.25) is 10.0 Å². The standard InChI is InChI=1S/C19H20Cl2N2O4S/c1-14(27-17-6-2-4-15(20)12-17)19(24)22-8-10-23(11-9-22)28(25,26)18-7-3-5-16(21)13-18/h2-7,12-14H,8-11H2,1H3/t14-/m1/s1. The van der Waals surface area contributed by atoms with Crippen molar-refractivity contribution >= 4 is 39.1 Å². The van der Waals surface area contributed by atoms with Crippen LogP contribution in [0.15, 0.2) is 53.4 Å². The molecule has 0 aliphatic carbocycles. The van der Waals surface area contributed by atoms with Gasteiger partial charge < -0.3 is 9.64 Å². The maximum atomic E-state index is 12.7. The predicted molar refractivity (Wildman–Crippen MR) is 108 cm³/mol. The first-order valence-corrected chi connectivity index (χ1v) is 10.9. The molecular weight excluding hydrogens is 423 g/mol. The van der Waals surface area contributed by atoms with Crippen LogP contribution in [0.1, 0.15) is 6.92 Å². The Bertz CT molecular complexity index is 960. The quantitative estimate of drug-likeness (QED) is 0.712. The molecule has 0 N–H and O–H groups in total. The van der Waals surface area contributed by atoms with E-state index in [0.717, 1.165) is 0 Å². The van der Waals surface area contributed by atoms with Gasteiger partial charge in [-0.25, -0.2) is 8.42 Å². The maximum absolute atomic E-state index is 12.7.